The van der Waals surface area contributed by atoms with Crippen LogP contribution in [0, 0.1) is 5.82 Å². The average molecular weight is 449 g/mol. The van der Waals surface area contributed by atoms with E-state index in [0.29, 0.717) is 25.2 Å². The number of ether oxygens (including phenoxy) is 1. The maximum atomic E-state index is 14.9. The Balaban J connectivity index is 1.60. The Morgan fingerprint density at radius 1 is 1.26 bits per heavy atom. The zero-order valence-electron chi connectivity index (χ0n) is 17.3. The summed E-state index contributed by atoms with van der Waals surface area (Å²) in [5.74, 6) is -0.181. The average Bonchev–Trinajstić information content (AvgIpc) is 3.02. The van der Waals surface area contributed by atoms with Crippen molar-refractivity contribution in [1.29, 1.82) is 0 Å². The molecule has 1 amide bonds. The van der Waals surface area contributed by atoms with Gasteiger partial charge in [-0.2, -0.15) is 0 Å². The highest BCUT2D eigenvalue weighted by Gasteiger charge is 2.48. The molecule has 0 aromatic heterocycles. The SMILES string of the molecule is CC[S+]([O-])N[C@H]1[C@@H](F)CN(C(=O)C2CCO2)[C@H]1Cc1cccc(-c2cccc(F)c2)c1. The molecule has 0 spiro atoms. The first-order valence-corrected chi connectivity index (χ1v) is 11.8. The lowest BCUT2D eigenvalue weighted by atomic mass is 9.96. The van der Waals surface area contributed by atoms with Crippen LogP contribution in [0.1, 0.15) is 18.9 Å². The van der Waals surface area contributed by atoms with Gasteiger partial charge in [0.25, 0.3) is 5.91 Å². The minimum Gasteiger partial charge on any atom is -0.598 e. The van der Waals surface area contributed by atoms with Crippen molar-refractivity contribution in [2.45, 2.75) is 44.1 Å². The number of halogens is 2. The van der Waals surface area contributed by atoms with Gasteiger partial charge in [-0.1, -0.05) is 36.4 Å². The Morgan fingerprint density at radius 2 is 1.97 bits per heavy atom. The molecule has 0 radical (unpaired) electrons. The summed E-state index contributed by atoms with van der Waals surface area (Å²) >= 11 is -1.38. The van der Waals surface area contributed by atoms with E-state index in [2.05, 4.69) is 4.72 Å². The number of carbonyl (C=O) groups is 1. The van der Waals surface area contributed by atoms with Crippen molar-refractivity contribution in [3.8, 4) is 11.1 Å². The van der Waals surface area contributed by atoms with Gasteiger partial charge in [-0.3, -0.25) is 4.79 Å². The van der Waals surface area contributed by atoms with Gasteiger partial charge >= 0.3 is 0 Å². The Bertz CT molecular complexity index is 927. The first kappa shape index (κ1) is 22.2. The van der Waals surface area contributed by atoms with Crippen LogP contribution in [0.15, 0.2) is 48.5 Å². The number of nitrogens with zero attached hydrogens (tertiary/aromatic N) is 1. The Morgan fingerprint density at radius 3 is 2.61 bits per heavy atom. The summed E-state index contributed by atoms with van der Waals surface area (Å²) in [4.78, 5) is 14.4. The molecule has 2 unspecified atom stereocenters. The molecule has 8 heteroatoms. The van der Waals surface area contributed by atoms with Crippen LogP contribution in [-0.2, 0) is 27.3 Å². The number of hydrogen-bond donors (Lipinski definition) is 1. The van der Waals surface area contributed by atoms with Crippen LogP contribution in [0.3, 0.4) is 0 Å². The highest BCUT2D eigenvalue weighted by molar-refractivity contribution is 7.89. The predicted octanol–water partition coefficient (Wildman–Crippen LogP) is 3.01. The molecule has 2 aliphatic heterocycles. The van der Waals surface area contributed by atoms with Gasteiger partial charge in [-0.15, -0.1) is 4.72 Å². The van der Waals surface area contributed by atoms with Gasteiger partial charge in [0, 0.05) is 17.8 Å². The lowest BCUT2D eigenvalue weighted by molar-refractivity contribution is -0.157. The molecule has 2 aromatic rings. The van der Waals surface area contributed by atoms with Crippen LogP contribution in [-0.4, -0.2) is 58.6 Å². The fourth-order valence-electron chi connectivity index (χ4n) is 4.15. The maximum absolute atomic E-state index is 14.9. The molecular weight excluding hydrogens is 422 g/mol. The van der Waals surface area contributed by atoms with Gasteiger partial charge < -0.3 is 14.2 Å². The van der Waals surface area contributed by atoms with Crippen LogP contribution in [0.4, 0.5) is 8.78 Å². The summed E-state index contributed by atoms with van der Waals surface area (Å²) < 4.78 is 48.9. The lowest BCUT2D eigenvalue weighted by Gasteiger charge is -2.34. The number of nitrogens with one attached hydrogen (secondary N) is 1. The zero-order chi connectivity index (χ0) is 22.0. The molecule has 1 N–H and O–H groups in total. The van der Waals surface area contributed by atoms with E-state index < -0.39 is 35.7 Å². The smallest absolute Gasteiger partial charge is 0.252 e. The molecule has 2 fully saturated rings. The zero-order valence-corrected chi connectivity index (χ0v) is 18.1. The van der Waals surface area contributed by atoms with Gasteiger partial charge in [0.15, 0.2) is 0 Å². The highest BCUT2D eigenvalue weighted by atomic mass is 32.2. The molecule has 166 valence electrons. The van der Waals surface area contributed by atoms with Crippen molar-refractivity contribution in [1.82, 2.24) is 9.62 Å². The first-order chi connectivity index (χ1) is 15.0. The third-order valence-corrected chi connectivity index (χ3v) is 6.95. The van der Waals surface area contributed by atoms with Crippen LogP contribution >= 0.6 is 0 Å². The molecule has 5 atom stereocenters. The molecular formula is C23H26F2N2O3S. The summed E-state index contributed by atoms with van der Waals surface area (Å²) in [7, 11) is 0. The van der Waals surface area contributed by atoms with Gasteiger partial charge in [0.2, 0.25) is 0 Å². The van der Waals surface area contributed by atoms with Crippen molar-refractivity contribution >= 4 is 17.3 Å². The number of alkyl halides is 1. The number of carbonyl (C=O) groups excluding carboxylic acids is 1. The molecule has 0 bridgehead atoms. The topological polar surface area (TPSA) is 64.6 Å². The fraction of sp³-hybridized carbons (Fsp3) is 0.435. The Labute approximate surface area is 184 Å². The van der Waals surface area contributed by atoms with Crippen LogP contribution < -0.4 is 4.72 Å². The monoisotopic (exact) mass is 448 g/mol. The summed E-state index contributed by atoms with van der Waals surface area (Å²) in [6.45, 7) is 2.24. The number of hydrogen-bond acceptors (Lipinski definition) is 4. The summed E-state index contributed by atoms with van der Waals surface area (Å²) in [5, 5.41) is 0. The van der Waals surface area contributed by atoms with Gasteiger partial charge in [0.05, 0.1) is 19.2 Å². The van der Waals surface area contributed by atoms with E-state index in [9.17, 15) is 18.1 Å². The number of benzene rings is 2. The molecule has 2 aliphatic rings. The lowest BCUT2D eigenvalue weighted by Crippen LogP contribution is -2.53. The fourth-order valence-corrected chi connectivity index (χ4v) is 4.93. The third-order valence-electron chi connectivity index (χ3n) is 5.89. The number of amides is 1. The van der Waals surface area contributed by atoms with Crippen LogP contribution in [0.5, 0.6) is 0 Å². The standard InChI is InChI=1S/C23H26F2N2O3S/c1-2-31(29)26-22-19(25)14-27(23(28)21-9-10-30-21)20(22)12-15-5-3-6-16(11-15)17-7-4-8-18(24)13-17/h3-8,11,13,19-22,26H,2,9-10,12,14H2,1H3/t19-,20-,21?,22-,31?/m0/s1. The molecule has 2 saturated heterocycles. The highest BCUT2D eigenvalue weighted by Crippen LogP contribution is 2.29. The molecule has 2 aromatic carbocycles. The second-order valence-electron chi connectivity index (χ2n) is 7.91. The van der Waals surface area contributed by atoms with Crippen molar-refractivity contribution in [3.63, 3.8) is 0 Å². The van der Waals surface area contributed by atoms with Crippen molar-refractivity contribution in [2.24, 2.45) is 0 Å². The summed E-state index contributed by atoms with van der Waals surface area (Å²) in [5.41, 5.74) is 2.48. The minimum atomic E-state index is -1.38. The van der Waals surface area contributed by atoms with Crippen LogP contribution in [0.25, 0.3) is 11.1 Å². The Kier molecular flexibility index (Phi) is 6.91. The van der Waals surface area contributed by atoms with E-state index in [1.54, 1.807) is 13.0 Å². The van der Waals surface area contributed by atoms with E-state index in [0.717, 1.165) is 16.7 Å². The van der Waals surface area contributed by atoms with E-state index in [1.165, 1.54) is 17.0 Å². The number of likely N-dealkylation sites (tertiary alicyclic amines) is 1. The first-order valence-electron chi connectivity index (χ1n) is 10.5. The Hall–Kier alpha value is -2.00. The molecule has 2 heterocycles. The largest absolute Gasteiger partial charge is 0.598 e. The molecule has 5 nitrogen and oxygen atoms in total. The van der Waals surface area contributed by atoms with E-state index >= 15 is 0 Å². The van der Waals surface area contributed by atoms with Crippen molar-refractivity contribution < 1.29 is 22.9 Å². The molecule has 31 heavy (non-hydrogen) atoms. The summed E-state index contributed by atoms with van der Waals surface area (Å²) in [6.07, 6.45) is -0.826. The van der Waals surface area contributed by atoms with Gasteiger partial charge in [-0.25, -0.2) is 8.78 Å². The van der Waals surface area contributed by atoms with Gasteiger partial charge in [-0.05, 0) is 42.2 Å². The minimum absolute atomic E-state index is 0.0501. The quantitative estimate of drug-likeness (QED) is 0.662. The number of rotatable bonds is 7. The second kappa shape index (κ2) is 9.65. The van der Waals surface area contributed by atoms with Crippen LogP contribution in [0.2, 0.25) is 0 Å². The predicted molar refractivity (Wildman–Crippen MR) is 116 cm³/mol. The van der Waals surface area contributed by atoms with Crippen molar-refractivity contribution in [2.75, 3.05) is 18.9 Å². The summed E-state index contributed by atoms with van der Waals surface area (Å²) in [6, 6.07) is 12.7. The van der Waals surface area contributed by atoms with E-state index in [1.807, 2.05) is 30.3 Å². The van der Waals surface area contributed by atoms with E-state index in [-0.39, 0.29) is 18.3 Å². The van der Waals surface area contributed by atoms with Gasteiger partial charge in [0.1, 0.15) is 29.9 Å². The van der Waals surface area contributed by atoms with Crippen molar-refractivity contribution in [3.05, 3.63) is 59.9 Å². The second-order valence-corrected chi connectivity index (χ2v) is 9.42. The normalized spacial score (nSPS) is 26.5. The van der Waals surface area contributed by atoms with E-state index in [4.69, 9.17) is 4.74 Å². The third kappa shape index (κ3) is 4.92. The molecule has 4 rings (SSSR count). The maximum Gasteiger partial charge on any atom is 0.252 e. The molecule has 0 saturated carbocycles. The molecule has 0 aliphatic carbocycles.